The number of hydrogen-bond donors (Lipinski definition) is 1. The fourth-order valence-electron chi connectivity index (χ4n) is 3.88. The summed E-state index contributed by atoms with van der Waals surface area (Å²) >= 11 is 1.63. The molecule has 1 aromatic heterocycles. The van der Waals surface area contributed by atoms with E-state index in [1.807, 2.05) is 54.6 Å². The number of thiazole rings is 1. The van der Waals surface area contributed by atoms with Crippen molar-refractivity contribution in [2.75, 3.05) is 33.3 Å². The smallest absolute Gasteiger partial charge is 0.408 e. The van der Waals surface area contributed by atoms with Gasteiger partial charge in [-0.1, -0.05) is 30.3 Å². The van der Waals surface area contributed by atoms with E-state index in [1.54, 1.807) is 30.3 Å². The Morgan fingerprint density at radius 2 is 1.77 bits per heavy atom. The number of carbonyl (C=O) groups excluding carboxylic acids is 2. The second-order valence-electron chi connectivity index (χ2n) is 8.40. The largest absolute Gasteiger partial charge is 0.497 e. The van der Waals surface area contributed by atoms with Gasteiger partial charge in [0, 0.05) is 43.7 Å². The monoisotopic (exact) mass is 494 g/mol. The molecule has 8 nitrogen and oxygen atoms in total. The third kappa shape index (κ3) is 6.80. The average molecular weight is 495 g/mol. The van der Waals surface area contributed by atoms with E-state index in [9.17, 15) is 9.59 Å². The molecule has 3 aromatic rings. The van der Waals surface area contributed by atoms with Crippen LogP contribution in [0.25, 0.3) is 10.6 Å². The minimum atomic E-state index is -0.643. The van der Waals surface area contributed by atoms with Crippen molar-refractivity contribution < 1.29 is 19.1 Å². The number of nitrogens with zero attached hydrogens (tertiary/aromatic N) is 3. The van der Waals surface area contributed by atoms with Crippen LogP contribution in [0.5, 0.6) is 5.75 Å². The van der Waals surface area contributed by atoms with Gasteiger partial charge in [-0.3, -0.25) is 9.69 Å². The summed E-state index contributed by atoms with van der Waals surface area (Å²) in [4.78, 5) is 33.7. The summed E-state index contributed by atoms with van der Waals surface area (Å²) in [6, 6.07) is 16.7. The Morgan fingerprint density at radius 3 is 2.46 bits per heavy atom. The maximum absolute atomic E-state index is 12.8. The van der Waals surface area contributed by atoms with Crippen LogP contribution in [-0.2, 0) is 22.7 Å². The van der Waals surface area contributed by atoms with E-state index in [1.165, 1.54) is 0 Å². The highest BCUT2D eigenvalue weighted by Crippen LogP contribution is 2.26. The first-order valence-corrected chi connectivity index (χ1v) is 12.5. The van der Waals surface area contributed by atoms with Crippen LogP contribution < -0.4 is 10.1 Å². The summed E-state index contributed by atoms with van der Waals surface area (Å²) < 4.78 is 10.4. The number of methoxy groups -OCH3 is 1. The lowest BCUT2D eigenvalue weighted by atomic mass is 10.2. The third-order valence-electron chi connectivity index (χ3n) is 5.88. The molecule has 184 valence electrons. The van der Waals surface area contributed by atoms with Crippen LogP contribution in [0.2, 0.25) is 0 Å². The summed E-state index contributed by atoms with van der Waals surface area (Å²) in [5.41, 5.74) is 2.99. The summed E-state index contributed by atoms with van der Waals surface area (Å²) in [5.74, 6) is 0.725. The number of amides is 2. The lowest BCUT2D eigenvalue weighted by Gasteiger charge is -2.35. The van der Waals surface area contributed by atoms with Crippen molar-refractivity contribution in [1.29, 1.82) is 0 Å². The molecule has 1 aliphatic rings. The molecule has 0 saturated carbocycles. The van der Waals surface area contributed by atoms with Gasteiger partial charge in [-0.05, 0) is 36.8 Å². The van der Waals surface area contributed by atoms with Gasteiger partial charge in [0.1, 0.15) is 23.4 Å². The molecular weight excluding hydrogens is 464 g/mol. The molecule has 1 atom stereocenters. The quantitative estimate of drug-likeness (QED) is 0.513. The maximum Gasteiger partial charge on any atom is 0.408 e. The predicted octanol–water partition coefficient (Wildman–Crippen LogP) is 3.78. The molecule has 1 unspecified atom stereocenters. The predicted molar refractivity (Wildman–Crippen MR) is 135 cm³/mol. The Balaban J connectivity index is 1.20. The standard InChI is InChI=1S/C26H30N4O4S/c1-19(27-26(32)34-17-20-6-4-3-5-7-20)25(31)30-14-12-29(13-15-30)16-22-18-35-24(28-22)21-8-10-23(33-2)11-9-21/h3-11,18-19H,12-17H2,1-2H3,(H,27,32). The molecule has 2 aromatic carbocycles. The lowest BCUT2D eigenvalue weighted by molar-refractivity contribution is -0.134. The second kappa shape index (κ2) is 11.8. The Morgan fingerprint density at radius 1 is 1.06 bits per heavy atom. The number of benzene rings is 2. The molecule has 2 heterocycles. The van der Waals surface area contributed by atoms with Crippen molar-refractivity contribution >= 4 is 23.3 Å². The van der Waals surface area contributed by atoms with Crippen LogP contribution in [0.15, 0.2) is 60.0 Å². The molecule has 0 spiro atoms. The van der Waals surface area contributed by atoms with Crippen molar-refractivity contribution in [2.24, 2.45) is 0 Å². The highest BCUT2D eigenvalue weighted by Gasteiger charge is 2.26. The summed E-state index contributed by atoms with van der Waals surface area (Å²) in [7, 11) is 1.65. The van der Waals surface area contributed by atoms with Gasteiger partial charge >= 0.3 is 6.09 Å². The molecule has 1 aliphatic heterocycles. The Hall–Kier alpha value is -3.43. The first-order chi connectivity index (χ1) is 17.0. The van der Waals surface area contributed by atoms with Gasteiger partial charge in [-0.2, -0.15) is 0 Å². The van der Waals surface area contributed by atoms with Crippen LogP contribution in [-0.4, -0.2) is 66.1 Å². The summed E-state index contributed by atoms with van der Waals surface area (Å²) in [6.45, 7) is 5.34. The molecule has 1 fully saturated rings. The van der Waals surface area contributed by atoms with Crippen molar-refractivity contribution in [3.05, 3.63) is 71.2 Å². The number of alkyl carbamates (subject to hydrolysis) is 1. The number of hydrogen-bond acceptors (Lipinski definition) is 7. The van der Waals surface area contributed by atoms with Crippen molar-refractivity contribution in [3.63, 3.8) is 0 Å². The van der Waals surface area contributed by atoms with Gasteiger partial charge in [0.15, 0.2) is 0 Å². The van der Waals surface area contributed by atoms with E-state index in [0.29, 0.717) is 13.1 Å². The molecule has 0 bridgehead atoms. The molecule has 1 N–H and O–H groups in total. The third-order valence-corrected chi connectivity index (χ3v) is 6.82. The van der Waals surface area contributed by atoms with Crippen molar-refractivity contribution in [3.8, 4) is 16.3 Å². The number of nitrogens with one attached hydrogen (secondary N) is 1. The molecule has 0 aliphatic carbocycles. The first kappa shape index (κ1) is 24.7. The van der Waals surface area contributed by atoms with Gasteiger partial charge in [0.2, 0.25) is 5.91 Å². The summed E-state index contributed by atoms with van der Waals surface area (Å²) in [5, 5.41) is 5.71. The fraction of sp³-hybridized carbons (Fsp3) is 0.346. The fourth-order valence-corrected chi connectivity index (χ4v) is 4.70. The average Bonchev–Trinajstić information content (AvgIpc) is 3.36. The molecular formula is C26H30N4O4S. The topological polar surface area (TPSA) is 84.0 Å². The number of aromatic nitrogens is 1. The van der Waals surface area contributed by atoms with Gasteiger partial charge in [0.25, 0.3) is 0 Å². The Bertz CT molecular complexity index is 1110. The number of piperazine rings is 1. The van der Waals surface area contributed by atoms with Crippen LogP contribution in [0, 0.1) is 0 Å². The molecule has 1 saturated heterocycles. The Kier molecular flexibility index (Phi) is 8.33. The molecule has 4 rings (SSSR count). The molecule has 0 radical (unpaired) electrons. The van der Waals surface area contributed by atoms with Crippen LogP contribution in [0.3, 0.4) is 0 Å². The number of carbonyl (C=O) groups is 2. The minimum absolute atomic E-state index is 0.100. The van der Waals surface area contributed by atoms with Crippen LogP contribution >= 0.6 is 11.3 Å². The number of ether oxygens (including phenoxy) is 2. The van der Waals surface area contributed by atoms with Crippen LogP contribution in [0.4, 0.5) is 4.79 Å². The zero-order valence-corrected chi connectivity index (χ0v) is 20.8. The van der Waals surface area contributed by atoms with E-state index in [2.05, 4.69) is 15.6 Å². The zero-order chi connectivity index (χ0) is 24.6. The first-order valence-electron chi connectivity index (χ1n) is 11.6. The zero-order valence-electron chi connectivity index (χ0n) is 20.0. The lowest BCUT2D eigenvalue weighted by Crippen LogP contribution is -2.54. The normalized spacial score (nSPS) is 14.9. The van der Waals surface area contributed by atoms with Crippen molar-refractivity contribution in [1.82, 2.24) is 20.1 Å². The van der Waals surface area contributed by atoms with Crippen LogP contribution in [0.1, 0.15) is 18.2 Å². The molecule has 35 heavy (non-hydrogen) atoms. The van der Waals surface area contributed by atoms with E-state index in [0.717, 1.165) is 47.2 Å². The Labute approximate surface area is 209 Å². The molecule has 9 heteroatoms. The summed E-state index contributed by atoms with van der Waals surface area (Å²) in [6.07, 6.45) is -0.593. The van der Waals surface area contributed by atoms with E-state index in [4.69, 9.17) is 14.5 Å². The van der Waals surface area contributed by atoms with E-state index >= 15 is 0 Å². The SMILES string of the molecule is COc1ccc(-c2nc(CN3CCN(C(=O)C(C)NC(=O)OCc4ccccc4)CC3)cs2)cc1. The second-order valence-corrected chi connectivity index (χ2v) is 9.26. The highest BCUT2D eigenvalue weighted by molar-refractivity contribution is 7.13. The minimum Gasteiger partial charge on any atom is -0.497 e. The van der Waals surface area contributed by atoms with Gasteiger partial charge in [0.05, 0.1) is 12.8 Å². The van der Waals surface area contributed by atoms with E-state index in [-0.39, 0.29) is 12.5 Å². The van der Waals surface area contributed by atoms with Crippen molar-refractivity contribution in [2.45, 2.75) is 26.1 Å². The number of rotatable bonds is 8. The maximum atomic E-state index is 12.8. The van der Waals surface area contributed by atoms with Gasteiger partial charge in [-0.15, -0.1) is 11.3 Å². The highest BCUT2D eigenvalue weighted by atomic mass is 32.1. The van der Waals surface area contributed by atoms with E-state index < -0.39 is 12.1 Å². The van der Waals surface area contributed by atoms with Gasteiger partial charge in [-0.25, -0.2) is 9.78 Å². The van der Waals surface area contributed by atoms with Gasteiger partial charge < -0.3 is 19.7 Å². The molecule has 2 amide bonds.